The van der Waals surface area contributed by atoms with Crippen LogP contribution in [0.15, 0.2) is 24.3 Å². The number of halogens is 1. The van der Waals surface area contributed by atoms with Gasteiger partial charge >= 0.3 is 0 Å². The van der Waals surface area contributed by atoms with Gasteiger partial charge in [-0.3, -0.25) is 4.79 Å². The Labute approximate surface area is 69.6 Å². The second-order valence-electron chi connectivity index (χ2n) is 2.06. The minimum absolute atomic E-state index is 0.0426. The summed E-state index contributed by atoms with van der Waals surface area (Å²) in [7, 11) is 0. The van der Waals surface area contributed by atoms with Gasteiger partial charge in [0.25, 0.3) is 0 Å². The van der Waals surface area contributed by atoms with E-state index in [1.54, 1.807) is 12.1 Å². The summed E-state index contributed by atoms with van der Waals surface area (Å²) >= 11 is 3.76. The molecule has 1 nitrogen and oxygen atoms in total. The molecule has 0 fully saturated rings. The van der Waals surface area contributed by atoms with E-state index in [4.69, 9.17) is 0 Å². The number of carbonyl (C=O) groups is 1. The van der Waals surface area contributed by atoms with E-state index in [9.17, 15) is 9.18 Å². The van der Waals surface area contributed by atoms with Crippen molar-refractivity contribution >= 4 is 18.4 Å². The molecule has 0 aromatic heterocycles. The highest BCUT2D eigenvalue weighted by Crippen LogP contribution is 2.07. The fourth-order valence-electron chi connectivity index (χ4n) is 0.773. The average molecular weight is 170 g/mol. The van der Waals surface area contributed by atoms with Crippen LogP contribution in [0.25, 0.3) is 0 Å². The Hall–Kier alpha value is -0.830. The second kappa shape index (κ2) is 3.53. The lowest BCUT2D eigenvalue weighted by Crippen LogP contribution is -2.02. The number of thiol groups is 1. The lowest BCUT2D eigenvalue weighted by Gasteiger charge is -1.96. The first-order valence-electron chi connectivity index (χ1n) is 3.14. The Bertz CT molecular complexity index is 273. The predicted octanol–water partition coefficient (Wildman–Crippen LogP) is 1.94. The Balaban J connectivity index is 3.03. The molecule has 0 aliphatic carbocycles. The van der Waals surface area contributed by atoms with Crippen molar-refractivity contribution in [3.05, 3.63) is 35.6 Å². The molecule has 0 unspecified atom stereocenters. The van der Waals surface area contributed by atoms with Crippen LogP contribution in [0.3, 0.4) is 0 Å². The second-order valence-corrected chi connectivity index (χ2v) is 2.38. The average Bonchev–Trinajstić information content (AvgIpc) is 2.04. The molecule has 3 heteroatoms. The number of benzene rings is 1. The third kappa shape index (κ3) is 1.80. The highest BCUT2D eigenvalue weighted by molar-refractivity contribution is 7.81. The van der Waals surface area contributed by atoms with Gasteiger partial charge in [-0.25, -0.2) is 4.39 Å². The van der Waals surface area contributed by atoms with E-state index < -0.39 is 5.82 Å². The minimum atomic E-state index is -0.480. The Morgan fingerprint density at radius 3 is 2.64 bits per heavy atom. The van der Waals surface area contributed by atoms with Crippen molar-refractivity contribution < 1.29 is 9.18 Å². The molecule has 1 rings (SSSR count). The lowest BCUT2D eigenvalue weighted by atomic mass is 10.1. The van der Waals surface area contributed by atoms with Gasteiger partial charge in [-0.2, -0.15) is 12.6 Å². The third-order valence-electron chi connectivity index (χ3n) is 1.32. The molecule has 0 bridgehead atoms. The summed E-state index contributed by atoms with van der Waals surface area (Å²) in [5, 5.41) is 0. The van der Waals surface area contributed by atoms with Crippen LogP contribution in [-0.4, -0.2) is 11.5 Å². The van der Waals surface area contributed by atoms with Crippen LogP contribution in [0.5, 0.6) is 0 Å². The standard InChI is InChI=1S/C8H7FOS/c9-7-4-2-1-3-6(7)8(10)5-11/h1-4,11H,5H2. The largest absolute Gasteiger partial charge is 0.293 e. The zero-order valence-corrected chi connectivity index (χ0v) is 6.64. The number of Topliss-reactive ketones (excluding diaryl/α,β-unsaturated/α-hetero) is 1. The molecule has 1 aromatic rings. The van der Waals surface area contributed by atoms with Crippen LogP contribution < -0.4 is 0 Å². The summed E-state index contributed by atoms with van der Waals surface area (Å²) in [5.41, 5.74) is 0.113. The molecule has 1 aromatic carbocycles. The maximum absolute atomic E-state index is 12.8. The van der Waals surface area contributed by atoms with Gasteiger partial charge in [-0.05, 0) is 12.1 Å². The molecule has 58 valence electrons. The van der Waals surface area contributed by atoms with Gasteiger partial charge < -0.3 is 0 Å². The van der Waals surface area contributed by atoms with Crippen molar-refractivity contribution in [2.24, 2.45) is 0 Å². The van der Waals surface area contributed by atoms with Crippen LogP contribution >= 0.6 is 12.6 Å². The van der Waals surface area contributed by atoms with E-state index in [-0.39, 0.29) is 17.1 Å². The fraction of sp³-hybridized carbons (Fsp3) is 0.125. The van der Waals surface area contributed by atoms with E-state index in [0.29, 0.717) is 0 Å². The third-order valence-corrected chi connectivity index (χ3v) is 1.61. The van der Waals surface area contributed by atoms with Crippen LogP contribution in [-0.2, 0) is 0 Å². The van der Waals surface area contributed by atoms with E-state index in [2.05, 4.69) is 12.6 Å². The highest BCUT2D eigenvalue weighted by atomic mass is 32.1. The molecule has 0 aliphatic rings. The van der Waals surface area contributed by atoms with Gasteiger partial charge in [0, 0.05) is 0 Å². The van der Waals surface area contributed by atoms with Crippen molar-refractivity contribution in [3.8, 4) is 0 Å². The smallest absolute Gasteiger partial charge is 0.175 e. The van der Waals surface area contributed by atoms with E-state index in [1.165, 1.54) is 12.1 Å². The van der Waals surface area contributed by atoms with Crippen molar-refractivity contribution in [1.29, 1.82) is 0 Å². The van der Waals surface area contributed by atoms with E-state index in [1.807, 2.05) is 0 Å². The van der Waals surface area contributed by atoms with E-state index >= 15 is 0 Å². The maximum atomic E-state index is 12.8. The van der Waals surface area contributed by atoms with Crippen LogP contribution in [0.1, 0.15) is 10.4 Å². The summed E-state index contributed by atoms with van der Waals surface area (Å²) in [6.07, 6.45) is 0. The van der Waals surface area contributed by atoms with Gasteiger partial charge in [-0.1, -0.05) is 12.1 Å². The molecule has 0 N–H and O–H groups in total. The molecule has 0 spiro atoms. The summed E-state index contributed by atoms with van der Waals surface area (Å²) in [5.74, 6) is -0.723. The molecule has 0 saturated heterocycles. The molecular formula is C8H7FOS. The first-order chi connectivity index (χ1) is 5.25. The molecular weight excluding hydrogens is 163 g/mol. The molecule has 0 radical (unpaired) electrons. The SMILES string of the molecule is O=C(CS)c1ccccc1F. The van der Waals surface area contributed by atoms with Crippen molar-refractivity contribution in [2.45, 2.75) is 0 Å². The molecule has 0 aliphatic heterocycles. The zero-order valence-electron chi connectivity index (χ0n) is 5.75. The minimum Gasteiger partial charge on any atom is -0.293 e. The lowest BCUT2D eigenvalue weighted by molar-refractivity contribution is 0.101. The number of ketones is 1. The molecule has 11 heavy (non-hydrogen) atoms. The van der Waals surface area contributed by atoms with E-state index in [0.717, 1.165) is 0 Å². The molecule has 0 heterocycles. The molecule has 0 saturated carbocycles. The summed E-state index contributed by atoms with van der Waals surface area (Å²) in [6.45, 7) is 0. The van der Waals surface area contributed by atoms with Crippen LogP contribution in [0.2, 0.25) is 0 Å². The Kier molecular flexibility index (Phi) is 2.65. The van der Waals surface area contributed by atoms with Crippen LogP contribution in [0.4, 0.5) is 4.39 Å². The number of hydrogen-bond donors (Lipinski definition) is 1. The summed E-state index contributed by atoms with van der Waals surface area (Å²) in [4.78, 5) is 10.9. The van der Waals surface area contributed by atoms with Crippen molar-refractivity contribution in [3.63, 3.8) is 0 Å². The maximum Gasteiger partial charge on any atom is 0.175 e. The van der Waals surface area contributed by atoms with Gasteiger partial charge in [-0.15, -0.1) is 0 Å². The molecule has 0 amide bonds. The number of carbonyl (C=O) groups excluding carboxylic acids is 1. The van der Waals surface area contributed by atoms with Gasteiger partial charge in [0.1, 0.15) is 5.82 Å². The zero-order chi connectivity index (χ0) is 8.27. The van der Waals surface area contributed by atoms with Crippen molar-refractivity contribution in [2.75, 3.05) is 5.75 Å². The topological polar surface area (TPSA) is 17.1 Å². The first-order valence-corrected chi connectivity index (χ1v) is 3.77. The monoisotopic (exact) mass is 170 g/mol. The quantitative estimate of drug-likeness (QED) is 0.530. The first kappa shape index (κ1) is 8.27. The summed E-state index contributed by atoms with van der Waals surface area (Å²) in [6, 6.07) is 5.88. The number of rotatable bonds is 2. The van der Waals surface area contributed by atoms with Gasteiger partial charge in [0.15, 0.2) is 5.78 Å². The van der Waals surface area contributed by atoms with Gasteiger partial charge in [0.05, 0.1) is 11.3 Å². The van der Waals surface area contributed by atoms with Crippen molar-refractivity contribution in [1.82, 2.24) is 0 Å². The predicted molar refractivity (Wildman–Crippen MR) is 44.6 cm³/mol. The molecule has 0 atom stereocenters. The Morgan fingerprint density at radius 2 is 2.09 bits per heavy atom. The highest BCUT2D eigenvalue weighted by Gasteiger charge is 2.07. The fourth-order valence-corrected chi connectivity index (χ4v) is 0.943. The normalized spacial score (nSPS) is 9.64. The van der Waals surface area contributed by atoms with Gasteiger partial charge in [0.2, 0.25) is 0 Å². The van der Waals surface area contributed by atoms with Crippen LogP contribution in [0, 0.1) is 5.82 Å². The number of hydrogen-bond acceptors (Lipinski definition) is 2. The summed E-state index contributed by atoms with van der Waals surface area (Å²) < 4.78 is 12.8. The Morgan fingerprint density at radius 1 is 1.45 bits per heavy atom.